The summed E-state index contributed by atoms with van der Waals surface area (Å²) in [6.45, 7) is 5.24. The molecule has 0 unspecified atom stereocenters. The van der Waals surface area contributed by atoms with Crippen LogP contribution in [-0.2, 0) is 6.54 Å². The van der Waals surface area contributed by atoms with Gasteiger partial charge in [-0.25, -0.2) is 9.37 Å². The molecule has 0 aliphatic carbocycles. The number of anilines is 2. The first-order valence-electron chi connectivity index (χ1n) is 10.2. The van der Waals surface area contributed by atoms with Gasteiger partial charge in [0.1, 0.15) is 11.5 Å². The van der Waals surface area contributed by atoms with Crippen LogP contribution >= 0.6 is 11.6 Å². The average molecular weight is 437 g/mol. The molecule has 0 radical (unpaired) electrons. The smallest absolute Gasteiger partial charge is 0.229 e. The van der Waals surface area contributed by atoms with E-state index in [0.29, 0.717) is 22.3 Å². The zero-order chi connectivity index (χ0) is 21.2. The van der Waals surface area contributed by atoms with Crippen LogP contribution in [0, 0.1) is 5.82 Å². The number of H-pyrrole nitrogens is 1. The number of aromatic nitrogens is 3. The zero-order valence-corrected chi connectivity index (χ0v) is 17.6. The fraction of sp³-hybridized carbons (Fsp3) is 0.217. The summed E-state index contributed by atoms with van der Waals surface area (Å²) in [5.74, 6) is -0.0485. The van der Waals surface area contributed by atoms with E-state index >= 15 is 0 Å². The summed E-state index contributed by atoms with van der Waals surface area (Å²) >= 11 is 5.92. The van der Waals surface area contributed by atoms with Crippen molar-refractivity contribution in [2.75, 3.05) is 31.5 Å². The minimum Gasteiger partial charge on any atom is -0.345 e. The topological polar surface area (TPSA) is 68.9 Å². The van der Waals surface area contributed by atoms with Gasteiger partial charge >= 0.3 is 0 Å². The molecule has 158 valence electrons. The minimum atomic E-state index is -0.418. The fourth-order valence-corrected chi connectivity index (χ4v) is 4.10. The van der Waals surface area contributed by atoms with Crippen molar-refractivity contribution < 1.29 is 4.39 Å². The third-order valence-corrected chi connectivity index (χ3v) is 5.65. The Hall–Kier alpha value is -3.00. The molecule has 2 aromatic carbocycles. The Morgan fingerprint density at radius 3 is 2.68 bits per heavy atom. The summed E-state index contributed by atoms with van der Waals surface area (Å²) in [5.41, 5.74) is 4.67. The predicted molar refractivity (Wildman–Crippen MR) is 122 cm³/mol. The second-order valence-corrected chi connectivity index (χ2v) is 8.10. The maximum Gasteiger partial charge on any atom is 0.229 e. The Morgan fingerprint density at radius 1 is 1.10 bits per heavy atom. The Morgan fingerprint density at radius 2 is 1.90 bits per heavy atom. The van der Waals surface area contributed by atoms with E-state index in [-0.39, 0.29) is 0 Å². The van der Waals surface area contributed by atoms with Gasteiger partial charge < -0.3 is 15.6 Å². The Kier molecular flexibility index (Phi) is 5.55. The van der Waals surface area contributed by atoms with Crippen molar-refractivity contribution in [3.05, 3.63) is 71.3 Å². The number of rotatable bonds is 5. The summed E-state index contributed by atoms with van der Waals surface area (Å²) in [5, 5.41) is 7.62. The molecule has 5 rings (SSSR count). The molecule has 8 heteroatoms. The maximum absolute atomic E-state index is 13.6. The lowest BCUT2D eigenvalue weighted by Gasteiger charge is -2.27. The number of nitrogens with one attached hydrogen (secondary N) is 3. The second-order valence-electron chi connectivity index (χ2n) is 7.66. The van der Waals surface area contributed by atoms with E-state index in [2.05, 4.69) is 54.8 Å². The highest BCUT2D eigenvalue weighted by atomic mass is 35.5. The van der Waals surface area contributed by atoms with Crippen molar-refractivity contribution in [2.45, 2.75) is 6.54 Å². The quantitative estimate of drug-likeness (QED) is 0.427. The van der Waals surface area contributed by atoms with E-state index in [0.717, 1.165) is 49.2 Å². The van der Waals surface area contributed by atoms with E-state index in [1.807, 2.05) is 6.20 Å². The van der Waals surface area contributed by atoms with E-state index < -0.39 is 5.82 Å². The first kappa shape index (κ1) is 19.9. The molecule has 1 aliphatic heterocycles. The van der Waals surface area contributed by atoms with Crippen molar-refractivity contribution in [1.29, 1.82) is 0 Å². The van der Waals surface area contributed by atoms with Crippen molar-refractivity contribution in [3.8, 4) is 11.1 Å². The molecule has 4 aromatic rings. The molecule has 0 spiro atoms. The summed E-state index contributed by atoms with van der Waals surface area (Å²) in [6.07, 6.45) is 3.71. The third kappa shape index (κ3) is 4.54. The minimum absolute atomic E-state index is 0.311. The number of benzene rings is 2. The zero-order valence-electron chi connectivity index (χ0n) is 16.8. The molecular weight excluding hydrogens is 415 g/mol. The van der Waals surface area contributed by atoms with Crippen LogP contribution < -0.4 is 10.6 Å². The SMILES string of the molecule is Fc1cc(Cl)cc(Nc2ncc3c(-c4ccc(CN5CCNCC5)cc4)c[nH]c3n2)c1. The number of hydrogen-bond donors (Lipinski definition) is 3. The largest absolute Gasteiger partial charge is 0.345 e. The number of nitrogens with zero attached hydrogens (tertiary/aromatic N) is 3. The highest BCUT2D eigenvalue weighted by Gasteiger charge is 2.12. The van der Waals surface area contributed by atoms with Crippen LogP contribution in [0.2, 0.25) is 5.02 Å². The molecule has 1 aliphatic rings. The van der Waals surface area contributed by atoms with Crippen LogP contribution in [0.4, 0.5) is 16.0 Å². The molecular formula is C23H22ClFN6. The van der Waals surface area contributed by atoms with Gasteiger partial charge in [0, 0.05) is 66.8 Å². The molecule has 0 amide bonds. The lowest BCUT2D eigenvalue weighted by Crippen LogP contribution is -2.42. The number of halogens is 2. The summed E-state index contributed by atoms with van der Waals surface area (Å²) in [4.78, 5) is 14.6. The van der Waals surface area contributed by atoms with Gasteiger partial charge in [-0.05, 0) is 29.3 Å². The number of fused-ring (bicyclic) bond motifs is 1. The number of piperazine rings is 1. The Balaban J connectivity index is 1.34. The molecule has 2 aromatic heterocycles. The summed E-state index contributed by atoms with van der Waals surface area (Å²) < 4.78 is 13.6. The van der Waals surface area contributed by atoms with Gasteiger partial charge in [-0.1, -0.05) is 35.9 Å². The van der Waals surface area contributed by atoms with E-state index in [9.17, 15) is 4.39 Å². The molecule has 3 N–H and O–H groups in total. The van der Waals surface area contributed by atoms with Crippen LogP contribution in [-0.4, -0.2) is 46.0 Å². The maximum atomic E-state index is 13.6. The number of hydrogen-bond acceptors (Lipinski definition) is 5. The molecule has 0 bridgehead atoms. The van der Waals surface area contributed by atoms with E-state index in [1.165, 1.54) is 17.7 Å². The van der Waals surface area contributed by atoms with Gasteiger partial charge in [-0.15, -0.1) is 0 Å². The van der Waals surface area contributed by atoms with Crippen LogP contribution in [0.15, 0.2) is 54.9 Å². The van der Waals surface area contributed by atoms with Crippen molar-refractivity contribution in [1.82, 2.24) is 25.2 Å². The standard InChI is InChI=1S/C23H22ClFN6/c24-17-9-18(25)11-19(10-17)29-23-28-13-21-20(12-27-22(21)30-23)16-3-1-15(2-4-16)14-31-7-5-26-6-8-31/h1-4,9-13,26H,5-8,14H2,(H2,27,28,29,30). The summed E-state index contributed by atoms with van der Waals surface area (Å²) in [6, 6.07) is 12.9. The van der Waals surface area contributed by atoms with Crippen molar-refractivity contribution >= 4 is 34.3 Å². The molecule has 1 fully saturated rings. The molecule has 6 nitrogen and oxygen atoms in total. The number of aromatic amines is 1. The molecule has 0 saturated carbocycles. The fourth-order valence-electron chi connectivity index (χ4n) is 3.88. The molecule has 0 atom stereocenters. The van der Waals surface area contributed by atoms with Crippen LogP contribution in [0.25, 0.3) is 22.2 Å². The van der Waals surface area contributed by atoms with Crippen molar-refractivity contribution in [2.24, 2.45) is 0 Å². The van der Waals surface area contributed by atoms with Gasteiger partial charge in [0.25, 0.3) is 0 Å². The molecule has 3 heterocycles. The van der Waals surface area contributed by atoms with E-state index in [4.69, 9.17) is 11.6 Å². The van der Waals surface area contributed by atoms with E-state index in [1.54, 1.807) is 12.3 Å². The van der Waals surface area contributed by atoms with Gasteiger partial charge in [0.2, 0.25) is 5.95 Å². The van der Waals surface area contributed by atoms with Gasteiger partial charge in [-0.2, -0.15) is 4.98 Å². The monoisotopic (exact) mass is 436 g/mol. The van der Waals surface area contributed by atoms with Gasteiger partial charge in [0.15, 0.2) is 0 Å². The predicted octanol–water partition coefficient (Wildman–Crippen LogP) is 4.57. The third-order valence-electron chi connectivity index (χ3n) is 5.43. The first-order valence-corrected chi connectivity index (χ1v) is 10.6. The highest BCUT2D eigenvalue weighted by molar-refractivity contribution is 6.30. The van der Waals surface area contributed by atoms with Crippen molar-refractivity contribution in [3.63, 3.8) is 0 Å². The second kappa shape index (κ2) is 8.63. The van der Waals surface area contributed by atoms with Gasteiger partial charge in [-0.3, -0.25) is 4.90 Å². The Labute approximate surface area is 184 Å². The average Bonchev–Trinajstić information content (AvgIpc) is 3.18. The lowest BCUT2D eigenvalue weighted by atomic mass is 10.0. The Bertz CT molecular complexity index is 1180. The van der Waals surface area contributed by atoms with Crippen LogP contribution in [0.3, 0.4) is 0 Å². The lowest BCUT2D eigenvalue weighted by molar-refractivity contribution is 0.233. The first-order chi connectivity index (χ1) is 15.1. The summed E-state index contributed by atoms with van der Waals surface area (Å²) in [7, 11) is 0. The highest BCUT2D eigenvalue weighted by Crippen LogP contribution is 2.29. The van der Waals surface area contributed by atoms with Gasteiger partial charge in [0.05, 0.1) is 0 Å². The molecule has 1 saturated heterocycles. The van der Waals surface area contributed by atoms with Crippen LogP contribution in [0.5, 0.6) is 0 Å². The normalized spacial score (nSPS) is 14.8. The van der Waals surface area contributed by atoms with Crippen LogP contribution in [0.1, 0.15) is 5.56 Å². The molecule has 31 heavy (non-hydrogen) atoms.